The maximum Gasteiger partial charge on any atom is 0.0105 e. The summed E-state index contributed by atoms with van der Waals surface area (Å²) in [6, 6.07) is 15.4. The second kappa shape index (κ2) is 5.33. The monoisotopic (exact) mass is 227 g/mol. The molecular formula is C16H21N. The van der Waals surface area contributed by atoms with Gasteiger partial charge < -0.3 is 5.73 Å². The van der Waals surface area contributed by atoms with Gasteiger partial charge in [-0.2, -0.15) is 0 Å². The lowest BCUT2D eigenvalue weighted by Crippen LogP contribution is -2.26. The maximum absolute atomic E-state index is 6.20. The van der Waals surface area contributed by atoms with Crippen LogP contribution >= 0.6 is 0 Å². The molecule has 17 heavy (non-hydrogen) atoms. The van der Waals surface area contributed by atoms with Gasteiger partial charge in [0.2, 0.25) is 0 Å². The van der Waals surface area contributed by atoms with Gasteiger partial charge in [-0.3, -0.25) is 0 Å². The highest BCUT2D eigenvalue weighted by molar-refractivity contribution is 5.83. The number of benzene rings is 2. The van der Waals surface area contributed by atoms with E-state index in [0.29, 0.717) is 5.92 Å². The van der Waals surface area contributed by atoms with Crippen molar-refractivity contribution >= 4 is 10.8 Å². The van der Waals surface area contributed by atoms with E-state index in [-0.39, 0.29) is 6.04 Å². The zero-order valence-corrected chi connectivity index (χ0v) is 10.7. The molecular weight excluding hydrogens is 206 g/mol. The van der Waals surface area contributed by atoms with Gasteiger partial charge in [-0.1, -0.05) is 62.7 Å². The van der Waals surface area contributed by atoms with E-state index in [4.69, 9.17) is 5.73 Å². The second-order valence-corrected chi connectivity index (χ2v) is 4.85. The Morgan fingerprint density at radius 1 is 1.06 bits per heavy atom. The molecule has 0 radical (unpaired) electrons. The van der Waals surface area contributed by atoms with E-state index in [1.54, 1.807) is 0 Å². The van der Waals surface area contributed by atoms with Crippen LogP contribution in [0.15, 0.2) is 42.5 Å². The Balaban J connectivity index is 2.29. The molecule has 2 aromatic rings. The van der Waals surface area contributed by atoms with Crippen LogP contribution in [0.5, 0.6) is 0 Å². The summed E-state index contributed by atoms with van der Waals surface area (Å²) in [4.78, 5) is 0. The molecule has 0 saturated carbocycles. The van der Waals surface area contributed by atoms with Gasteiger partial charge in [-0.05, 0) is 28.7 Å². The Morgan fingerprint density at radius 3 is 2.47 bits per heavy atom. The van der Waals surface area contributed by atoms with Crippen molar-refractivity contribution < 1.29 is 0 Å². The third kappa shape index (κ3) is 2.67. The minimum Gasteiger partial charge on any atom is -0.327 e. The third-order valence-corrected chi connectivity index (χ3v) is 3.56. The topological polar surface area (TPSA) is 26.0 Å². The molecule has 2 atom stereocenters. The molecule has 1 heteroatoms. The summed E-state index contributed by atoms with van der Waals surface area (Å²) in [6.45, 7) is 4.41. The van der Waals surface area contributed by atoms with E-state index in [1.165, 1.54) is 16.3 Å². The van der Waals surface area contributed by atoms with Crippen LogP contribution in [-0.4, -0.2) is 6.04 Å². The van der Waals surface area contributed by atoms with Crippen molar-refractivity contribution in [3.63, 3.8) is 0 Å². The third-order valence-electron chi connectivity index (χ3n) is 3.56. The molecule has 90 valence electrons. The van der Waals surface area contributed by atoms with Crippen molar-refractivity contribution in [2.75, 3.05) is 0 Å². The molecule has 0 aromatic heterocycles. The lowest BCUT2D eigenvalue weighted by atomic mass is 9.90. The lowest BCUT2D eigenvalue weighted by Gasteiger charge is -2.20. The first-order chi connectivity index (χ1) is 8.22. The van der Waals surface area contributed by atoms with Gasteiger partial charge in [0.1, 0.15) is 0 Å². The molecule has 2 aromatic carbocycles. The molecule has 0 aliphatic carbocycles. The van der Waals surface area contributed by atoms with Crippen molar-refractivity contribution in [1.82, 2.24) is 0 Å². The first-order valence-corrected chi connectivity index (χ1v) is 6.46. The van der Waals surface area contributed by atoms with Crippen molar-refractivity contribution in [2.45, 2.75) is 38.6 Å². The number of hydrogen-bond donors (Lipinski definition) is 1. The quantitative estimate of drug-likeness (QED) is 0.837. The molecule has 0 heterocycles. The van der Waals surface area contributed by atoms with Crippen LogP contribution < -0.4 is 5.73 Å². The molecule has 0 bridgehead atoms. The number of fused-ring (bicyclic) bond motifs is 1. The van der Waals surface area contributed by atoms with E-state index >= 15 is 0 Å². The van der Waals surface area contributed by atoms with E-state index < -0.39 is 0 Å². The first-order valence-electron chi connectivity index (χ1n) is 6.46. The van der Waals surface area contributed by atoms with Crippen molar-refractivity contribution in [3.05, 3.63) is 48.0 Å². The molecule has 0 aliphatic rings. The largest absolute Gasteiger partial charge is 0.327 e. The average Bonchev–Trinajstić information content (AvgIpc) is 2.37. The Bertz CT molecular complexity index is 490. The van der Waals surface area contributed by atoms with Gasteiger partial charge in [0, 0.05) is 6.04 Å². The van der Waals surface area contributed by atoms with E-state index in [2.05, 4.69) is 56.3 Å². The maximum atomic E-state index is 6.20. The Kier molecular flexibility index (Phi) is 3.80. The Morgan fingerprint density at radius 2 is 1.76 bits per heavy atom. The first kappa shape index (κ1) is 12.1. The summed E-state index contributed by atoms with van der Waals surface area (Å²) in [7, 11) is 0. The Hall–Kier alpha value is -1.34. The molecule has 2 N–H and O–H groups in total. The predicted octanol–water partition coefficient (Wildman–Crippen LogP) is 4.07. The van der Waals surface area contributed by atoms with Crippen LogP contribution in [0.25, 0.3) is 10.8 Å². The minimum absolute atomic E-state index is 0.265. The zero-order valence-electron chi connectivity index (χ0n) is 10.7. The summed E-state index contributed by atoms with van der Waals surface area (Å²) in [5.74, 6) is 0.430. The predicted molar refractivity (Wildman–Crippen MR) is 75.2 cm³/mol. The van der Waals surface area contributed by atoms with Crippen molar-refractivity contribution in [3.8, 4) is 0 Å². The second-order valence-electron chi connectivity index (χ2n) is 4.85. The average molecular weight is 227 g/mol. The van der Waals surface area contributed by atoms with E-state index in [1.807, 2.05) is 0 Å². The highest BCUT2D eigenvalue weighted by Gasteiger charge is 2.13. The van der Waals surface area contributed by atoms with Crippen LogP contribution in [0.2, 0.25) is 0 Å². The fourth-order valence-corrected chi connectivity index (χ4v) is 2.32. The molecule has 2 rings (SSSR count). The summed E-state index contributed by atoms with van der Waals surface area (Å²) < 4.78 is 0. The fourth-order valence-electron chi connectivity index (χ4n) is 2.32. The molecule has 0 amide bonds. The number of hydrogen-bond acceptors (Lipinski definition) is 1. The van der Waals surface area contributed by atoms with E-state index in [0.717, 1.165) is 12.8 Å². The van der Waals surface area contributed by atoms with Gasteiger partial charge in [-0.25, -0.2) is 0 Å². The Labute approximate surface area is 104 Å². The van der Waals surface area contributed by atoms with Crippen LogP contribution in [0.4, 0.5) is 0 Å². The highest BCUT2D eigenvalue weighted by atomic mass is 14.6. The van der Waals surface area contributed by atoms with Gasteiger partial charge >= 0.3 is 0 Å². The molecule has 0 spiro atoms. The van der Waals surface area contributed by atoms with Crippen LogP contribution in [0.1, 0.15) is 38.2 Å². The fraction of sp³-hybridized carbons (Fsp3) is 0.375. The van der Waals surface area contributed by atoms with E-state index in [9.17, 15) is 0 Å². The molecule has 0 saturated heterocycles. The van der Waals surface area contributed by atoms with Gasteiger partial charge in [0.25, 0.3) is 0 Å². The molecule has 2 unspecified atom stereocenters. The normalized spacial score (nSPS) is 14.8. The zero-order chi connectivity index (χ0) is 12.3. The number of rotatable bonds is 4. The van der Waals surface area contributed by atoms with Crippen LogP contribution in [0.3, 0.4) is 0 Å². The minimum atomic E-state index is 0.265. The van der Waals surface area contributed by atoms with Crippen LogP contribution in [0, 0.1) is 0 Å². The highest BCUT2D eigenvalue weighted by Crippen LogP contribution is 2.24. The number of nitrogens with two attached hydrogens (primary N) is 1. The summed E-state index contributed by atoms with van der Waals surface area (Å²) >= 11 is 0. The van der Waals surface area contributed by atoms with Gasteiger partial charge in [0.05, 0.1) is 0 Å². The summed E-state index contributed by atoms with van der Waals surface area (Å²) in [6.07, 6.45) is 2.24. The smallest absolute Gasteiger partial charge is 0.0105 e. The summed E-state index contributed by atoms with van der Waals surface area (Å²) in [5.41, 5.74) is 7.56. The lowest BCUT2D eigenvalue weighted by molar-refractivity contribution is 0.523. The molecule has 0 fully saturated rings. The van der Waals surface area contributed by atoms with Crippen molar-refractivity contribution in [1.29, 1.82) is 0 Å². The summed E-state index contributed by atoms with van der Waals surface area (Å²) in [5, 5.41) is 2.60. The van der Waals surface area contributed by atoms with Crippen molar-refractivity contribution in [2.24, 2.45) is 5.73 Å². The molecule has 0 aliphatic heterocycles. The standard InChI is InChI=1S/C16H21N/c1-3-6-16(17)12(2)14-10-9-13-7-4-5-8-15(13)11-14/h4-5,7-12,16H,3,6,17H2,1-2H3. The SMILES string of the molecule is CCCC(N)C(C)c1ccc2ccccc2c1. The van der Waals surface area contributed by atoms with Gasteiger partial charge in [-0.15, -0.1) is 0 Å². The van der Waals surface area contributed by atoms with Crippen LogP contribution in [-0.2, 0) is 0 Å². The van der Waals surface area contributed by atoms with Gasteiger partial charge in [0.15, 0.2) is 0 Å². The molecule has 1 nitrogen and oxygen atoms in total.